The number of aryl methyl sites for hydroxylation is 2. The molecule has 2 N–H and O–H groups in total. The van der Waals surface area contributed by atoms with Crippen LogP contribution in [0.15, 0.2) is 11.2 Å². The van der Waals surface area contributed by atoms with Gasteiger partial charge < -0.3 is 9.67 Å². The van der Waals surface area contributed by atoms with Crippen molar-refractivity contribution in [3.63, 3.8) is 0 Å². The zero-order valence-corrected chi connectivity index (χ0v) is 13.5. The molecule has 0 aliphatic carbocycles. The summed E-state index contributed by atoms with van der Waals surface area (Å²) < 4.78 is 29.3. The first-order valence-electron chi connectivity index (χ1n) is 6.96. The predicted octanol–water partition coefficient (Wildman–Crippen LogP) is 1.43. The monoisotopic (exact) mass is 303 g/mol. The Morgan fingerprint density at radius 3 is 2.60 bits per heavy atom. The zero-order valence-electron chi connectivity index (χ0n) is 12.7. The van der Waals surface area contributed by atoms with E-state index in [0.717, 1.165) is 13.0 Å². The summed E-state index contributed by atoms with van der Waals surface area (Å²) >= 11 is 0. The van der Waals surface area contributed by atoms with Gasteiger partial charge in [-0.25, -0.2) is 18.1 Å². The van der Waals surface area contributed by atoms with Gasteiger partial charge in [0.15, 0.2) is 5.03 Å². The summed E-state index contributed by atoms with van der Waals surface area (Å²) in [6.07, 6.45) is 3.45. The molecule has 0 aliphatic rings. The molecule has 1 aromatic heterocycles. The van der Waals surface area contributed by atoms with Crippen molar-refractivity contribution in [2.45, 2.75) is 64.1 Å². The quantitative estimate of drug-likeness (QED) is 0.761. The maximum atomic E-state index is 12.4. The molecule has 1 aromatic rings. The van der Waals surface area contributed by atoms with Crippen LogP contribution in [0.4, 0.5) is 0 Å². The van der Waals surface area contributed by atoms with Crippen LogP contribution < -0.4 is 4.72 Å². The third-order valence-electron chi connectivity index (χ3n) is 3.52. The minimum Gasteiger partial charge on any atom is -0.396 e. The van der Waals surface area contributed by atoms with Crippen molar-refractivity contribution in [2.75, 3.05) is 6.61 Å². The van der Waals surface area contributed by atoms with E-state index in [1.165, 1.54) is 0 Å². The van der Waals surface area contributed by atoms with E-state index in [4.69, 9.17) is 5.11 Å². The van der Waals surface area contributed by atoms with Crippen molar-refractivity contribution in [3.8, 4) is 0 Å². The van der Waals surface area contributed by atoms with E-state index >= 15 is 0 Å². The number of nitrogens with zero attached hydrogens (tertiary/aromatic N) is 2. The summed E-state index contributed by atoms with van der Waals surface area (Å²) in [4.78, 5) is 4.13. The van der Waals surface area contributed by atoms with Crippen LogP contribution in [0.5, 0.6) is 0 Å². The lowest BCUT2D eigenvalue weighted by Crippen LogP contribution is -2.46. The van der Waals surface area contributed by atoms with Crippen molar-refractivity contribution in [1.82, 2.24) is 14.3 Å². The first-order chi connectivity index (χ1) is 9.28. The largest absolute Gasteiger partial charge is 0.396 e. The Balaban J connectivity index is 3.01. The fraction of sp³-hybridized carbons (Fsp3) is 0.769. The Labute approximate surface area is 121 Å². The number of hydrogen-bond acceptors (Lipinski definition) is 4. The van der Waals surface area contributed by atoms with Gasteiger partial charge in [0.1, 0.15) is 5.82 Å². The van der Waals surface area contributed by atoms with Crippen LogP contribution in [-0.2, 0) is 16.6 Å². The molecule has 0 saturated heterocycles. The van der Waals surface area contributed by atoms with Gasteiger partial charge in [0, 0.05) is 24.9 Å². The molecular formula is C13H25N3O3S. The van der Waals surface area contributed by atoms with Crippen molar-refractivity contribution < 1.29 is 13.5 Å². The maximum Gasteiger partial charge on any atom is 0.260 e. The number of rotatable bonds is 8. The highest BCUT2D eigenvalue weighted by Crippen LogP contribution is 2.19. The van der Waals surface area contributed by atoms with Crippen molar-refractivity contribution >= 4 is 10.0 Å². The van der Waals surface area contributed by atoms with Crippen LogP contribution in [-0.4, -0.2) is 35.2 Å². The van der Waals surface area contributed by atoms with Crippen LogP contribution in [0.3, 0.4) is 0 Å². The van der Waals surface area contributed by atoms with E-state index in [2.05, 4.69) is 9.71 Å². The Bertz CT molecular complexity index is 539. The lowest BCUT2D eigenvalue weighted by molar-refractivity contribution is 0.233. The van der Waals surface area contributed by atoms with E-state index in [-0.39, 0.29) is 11.6 Å². The average Bonchev–Trinajstić information content (AvgIpc) is 2.72. The molecule has 0 radical (unpaired) electrons. The first-order valence-corrected chi connectivity index (χ1v) is 8.45. The SMILES string of the molecule is CCCn1cc(S(=O)(=O)NC(C)(CC)CCO)nc1C. The van der Waals surface area contributed by atoms with Gasteiger partial charge in [0.2, 0.25) is 0 Å². The fourth-order valence-corrected chi connectivity index (χ4v) is 3.52. The Kier molecular flexibility index (Phi) is 5.73. The van der Waals surface area contributed by atoms with Gasteiger partial charge in [0.05, 0.1) is 0 Å². The number of aromatic nitrogens is 2. The highest BCUT2D eigenvalue weighted by molar-refractivity contribution is 7.89. The second-order valence-corrected chi connectivity index (χ2v) is 6.94. The van der Waals surface area contributed by atoms with Crippen molar-refractivity contribution in [3.05, 3.63) is 12.0 Å². The molecule has 0 aliphatic heterocycles. The third kappa shape index (κ3) is 4.04. The number of hydrogen-bond donors (Lipinski definition) is 2. The molecule has 7 heteroatoms. The van der Waals surface area contributed by atoms with Crippen LogP contribution in [0.25, 0.3) is 0 Å². The summed E-state index contributed by atoms with van der Waals surface area (Å²) in [7, 11) is -3.67. The smallest absolute Gasteiger partial charge is 0.260 e. The molecule has 0 amide bonds. The highest BCUT2D eigenvalue weighted by Gasteiger charge is 2.30. The number of aliphatic hydroxyl groups excluding tert-OH is 1. The van der Waals surface area contributed by atoms with E-state index in [9.17, 15) is 8.42 Å². The Morgan fingerprint density at radius 1 is 1.45 bits per heavy atom. The summed E-state index contributed by atoms with van der Waals surface area (Å²) in [5, 5.41) is 9.11. The standard InChI is InChI=1S/C13H25N3O3S/c1-5-8-16-10-12(14-11(16)3)20(18,19)15-13(4,6-2)7-9-17/h10,15,17H,5-9H2,1-4H3. The van der Waals surface area contributed by atoms with Gasteiger partial charge >= 0.3 is 0 Å². The molecule has 0 aromatic carbocycles. The molecule has 1 atom stereocenters. The topological polar surface area (TPSA) is 84.2 Å². The second-order valence-electron chi connectivity index (χ2n) is 5.31. The van der Waals surface area contributed by atoms with E-state index in [1.807, 2.05) is 18.4 Å². The van der Waals surface area contributed by atoms with E-state index in [0.29, 0.717) is 18.7 Å². The van der Waals surface area contributed by atoms with Crippen LogP contribution in [0.1, 0.15) is 45.9 Å². The molecule has 0 saturated carbocycles. The van der Waals surface area contributed by atoms with E-state index < -0.39 is 15.6 Å². The van der Waals surface area contributed by atoms with Crippen molar-refractivity contribution in [2.24, 2.45) is 0 Å². The molecule has 116 valence electrons. The molecule has 6 nitrogen and oxygen atoms in total. The molecule has 1 rings (SSSR count). The summed E-state index contributed by atoms with van der Waals surface area (Å²) in [5.41, 5.74) is -0.657. The van der Waals surface area contributed by atoms with Gasteiger partial charge in [-0.15, -0.1) is 0 Å². The highest BCUT2D eigenvalue weighted by atomic mass is 32.2. The average molecular weight is 303 g/mol. The van der Waals surface area contributed by atoms with Gasteiger partial charge in [-0.3, -0.25) is 0 Å². The summed E-state index contributed by atoms with van der Waals surface area (Å²) in [6.45, 7) is 8.19. The minimum atomic E-state index is -3.67. The second kappa shape index (κ2) is 6.69. The maximum absolute atomic E-state index is 12.4. The van der Waals surface area contributed by atoms with Crippen molar-refractivity contribution in [1.29, 1.82) is 0 Å². The first kappa shape index (κ1) is 17.1. The lowest BCUT2D eigenvalue weighted by Gasteiger charge is -2.27. The third-order valence-corrected chi connectivity index (χ3v) is 5.03. The number of sulfonamides is 1. The van der Waals surface area contributed by atoms with Crippen LogP contribution in [0, 0.1) is 6.92 Å². The lowest BCUT2D eigenvalue weighted by atomic mass is 9.97. The molecule has 0 fully saturated rings. The van der Waals surface area contributed by atoms with Gasteiger partial charge in [-0.1, -0.05) is 13.8 Å². The molecule has 0 spiro atoms. The fourth-order valence-electron chi connectivity index (χ4n) is 2.00. The van der Waals surface area contributed by atoms with Crippen LogP contribution >= 0.6 is 0 Å². The zero-order chi connectivity index (χ0) is 15.4. The molecular weight excluding hydrogens is 278 g/mol. The van der Waals surface area contributed by atoms with Gasteiger partial charge in [0.25, 0.3) is 10.0 Å². The minimum absolute atomic E-state index is 0.0427. The molecule has 20 heavy (non-hydrogen) atoms. The van der Waals surface area contributed by atoms with E-state index in [1.54, 1.807) is 20.0 Å². The normalized spacial score (nSPS) is 15.2. The summed E-state index contributed by atoms with van der Waals surface area (Å²) in [5.74, 6) is 0.688. The number of nitrogens with one attached hydrogen (secondary N) is 1. The molecule has 1 unspecified atom stereocenters. The van der Waals surface area contributed by atoms with Gasteiger partial charge in [-0.2, -0.15) is 0 Å². The summed E-state index contributed by atoms with van der Waals surface area (Å²) in [6, 6.07) is 0. The number of imidazole rings is 1. The molecule has 0 bridgehead atoms. The molecule has 1 heterocycles. The predicted molar refractivity (Wildman–Crippen MR) is 78.0 cm³/mol. The van der Waals surface area contributed by atoms with Gasteiger partial charge in [-0.05, 0) is 33.1 Å². The van der Waals surface area contributed by atoms with Crippen LogP contribution in [0.2, 0.25) is 0 Å². The Morgan fingerprint density at radius 2 is 2.10 bits per heavy atom. The number of aliphatic hydroxyl groups is 1. The Hall–Kier alpha value is -0.920.